The molecule has 1 aromatic carbocycles. The van der Waals surface area contributed by atoms with Crippen LogP contribution in [0.3, 0.4) is 0 Å². The number of carbonyl (C=O) groups is 1. The summed E-state index contributed by atoms with van der Waals surface area (Å²) in [7, 11) is 0. The number of nitrogen functional groups attached to an aromatic ring is 1. The SMILES string of the molecule is Nc1nonc1C(=O)Nc1cc2c(cc1Cl)OCO2. The molecule has 1 aliphatic rings. The van der Waals surface area contributed by atoms with Crippen LogP contribution >= 0.6 is 11.6 Å². The van der Waals surface area contributed by atoms with Gasteiger partial charge in [0.25, 0.3) is 5.91 Å². The van der Waals surface area contributed by atoms with Gasteiger partial charge in [0, 0.05) is 12.1 Å². The molecule has 0 unspecified atom stereocenters. The van der Waals surface area contributed by atoms with Gasteiger partial charge in [0.05, 0.1) is 10.7 Å². The fourth-order valence-electron chi connectivity index (χ4n) is 1.55. The molecule has 8 nitrogen and oxygen atoms in total. The van der Waals surface area contributed by atoms with Gasteiger partial charge < -0.3 is 20.5 Å². The summed E-state index contributed by atoms with van der Waals surface area (Å²) in [4.78, 5) is 11.9. The molecule has 1 amide bonds. The third kappa shape index (κ3) is 2.02. The third-order valence-corrected chi connectivity index (χ3v) is 2.75. The number of aromatic nitrogens is 2. The second-order valence-corrected chi connectivity index (χ2v) is 4.04. The molecular formula is C10H7ClN4O4. The number of fused-ring (bicyclic) bond motifs is 1. The van der Waals surface area contributed by atoms with Crippen LogP contribution in [0.1, 0.15) is 10.5 Å². The Morgan fingerprint density at radius 1 is 1.32 bits per heavy atom. The molecule has 1 aromatic heterocycles. The van der Waals surface area contributed by atoms with E-state index in [1.807, 2.05) is 0 Å². The maximum atomic E-state index is 11.9. The van der Waals surface area contributed by atoms with Crippen molar-refractivity contribution in [3.63, 3.8) is 0 Å². The van der Waals surface area contributed by atoms with Crippen molar-refractivity contribution in [3.05, 3.63) is 22.8 Å². The Kier molecular flexibility index (Phi) is 2.64. The Morgan fingerprint density at radius 2 is 2.05 bits per heavy atom. The number of halogens is 1. The Morgan fingerprint density at radius 3 is 2.74 bits per heavy atom. The standard InChI is InChI=1S/C10H7ClN4O4/c11-4-1-6-7(18-3-17-6)2-5(4)13-10(16)8-9(12)15-19-14-8/h1-2H,3H2,(H2,12,15)(H,13,16). The Balaban J connectivity index is 1.88. The smallest absolute Gasteiger partial charge is 0.281 e. The Hall–Kier alpha value is -2.48. The van der Waals surface area contributed by atoms with E-state index in [4.69, 9.17) is 26.8 Å². The Labute approximate surface area is 111 Å². The average Bonchev–Trinajstić information content (AvgIpc) is 2.98. The zero-order valence-corrected chi connectivity index (χ0v) is 10.1. The second kappa shape index (κ2) is 4.32. The number of anilines is 2. The van der Waals surface area contributed by atoms with Crippen LogP contribution in [0.5, 0.6) is 11.5 Å². The molecule has 0 aliphatic carbocycles. The van der Waals surface area contributed by atoms with Crippen molar-refractivity contribution in [2.24, 2.45) is 0 Å². The van der Waals surface area contributed by atoms with Crippen LogP contribution in [0.15, 0.2) is 16.8 Å². The number of nitrogens with one attached hydrogen (secondary N) is 1. The molecule has 3 rings (SSSR count). The first-order valence-electron chi connectivity index (χ1n) is 5.13. The van der Waals surface area contributed by atoms with Crippen LogP contribution in [-0.2, 0) is 0 Å². The lowest BCUT2D eigenvalue weighted by Crippen LogP contribution is -2.14. The van der Waals surface area contributed by atoms with Crippen LogP contribution in [0.2, 0.25) is 5.02 Å². The van der Waals surface area contributed by atoms with Crippen LogP contribution in [0.25, 0.3) is 0 Å². The lowest BCUT2D eigenvalue weighted by Gasteiger charge is -2.06. The van der Waals surface area contributed by atoms with Gasteiger partial charge in [-0.25, -0.2) is 4.63 Å². The minimum Gasteiger partial charge on any atom is -0.454 e. The third-order valence-electron chi connectivity index (χ3n) is 2.44. The fraction of sp³-hybridized carbons (Fsp3) is 0.100. The van der Waals surface area contributed by atoms with Gasteiger partial charge in [0.1, 0.15) is 0 Å². The quantitative estimate of drug-likeness (QED) is 0.853. The average molecular weight is 283 g/mol. The van der Waals surface area contributed by atoms with E-state index in [2.05, 4.69) is 20.3 Å². The van der Waals surface area contributed by atoms with Crippen molar-refractivity contribution in [2.75, 3.05) is 17.8 Å². The number of carbonyl (C=O) groups excluding carboxylic acids is 1. The molecule has 0 saturated heterocycles. The lowest BCUT2D eigenvalue weighted by molar-refractivity contribution is 0.101. The molecule has 98 valence electrons. The van der Waals surface area contributed by atoms with Gasteiger partial charge in [0.15, 0.2) is 11.5 Å². The zero-order chi connectivity index (χ0) is 13.4. The van der Waals surface area contributed by atoms with Crippen LogP contribution in [-0.4, -0.2) is 23.0 Å². The number of hydrogen-bond donors (Lipinski definition) is 2. The molecule has 0 atom stereocenters. The highest BCUT2D eigenvalue weighted by Gasteiger charge is 2.20. The summed E-state index contributed by atoms with van der Waals surface area (Å²) in [5, 5.41) is 9.54. The molecule has 0 fully saturated rings. The van der Waals surface area contributed by atoms with Gasteiger partial charge in [-0.15, -0.1) is 0 Å². The molecule has 19 heavy (non-hydrogen) atoms. The summed E-state index contributed by atoms with van der Waals surface area (Å²) in [6, 6.07) is 3.09. The van der Waals surface area contributed by atoms with Gasteiger partial charge in [-0.1, -0.05) is 11.6 Å². The van der Waals surface area contributed by atoms with E-state index in [9.17, 15) is 4.79 Å². The molecule has 2 heterocycles. The van der Waals surface area contributed by atoms with E-state index in [0.29, 0.717) is 22.2 Å². The summed E-state index contributed by atoms with van der Waals surface area (Å²) < 4.78 is 14.7. The first kappa shape index (κ1) is 11.6. The maximum absolute atomic E-state index is 11.9. The largest absolute Gasteiger partial charge is 0.454 e. The van der Waals surface area contributed by atoms with Crippen molar-refractivity contribution in [3.8, 4) is 11.5 Å². The van der Waals surface area contributed by atoms with Crippen molar-refractivity contribution < 1.29 is 18.9 Å². The minimum absolute atomic E-state index is 0.102. The van der Waals surface area contributed by atoms with Crippen LogP contribution in [0, 0.1) is 0 Å². The van der Waals surface area contributed by atoms with Gasteiger partial charge >= 0.3 is 0 Å². The molecule has 0 bridgehead atoms. The molecular weight excluding hydrogens is 276 g/mol. The predicted octanol–water partition coefficient (Wildman–Crippen LogP) is 1.29. The van der Waals surface area contributed by atoms with Crippen molar-refractivity contribution in [2.45, 2.75) is 0 Å². The summed E-state index contributed by atoms with van der Waals surface area (Å²) >= 11 is 6.01. The number of amides is 1. The first-order chi connectivity index (χ1) is 9.15. The monoisotopic (exact) mass is 282 g/mol. The zero-order valence-electron chi connectivity index (χ0n) is 9.34. The molecule has 1 aliphatic heterocycles. The predicted molar refractivity (Wildman–Crippen MR) is 64.2 cm³/mol. The summed E-state index contributed by atoms with van der Waals surface area (Å²) in [6.45, 7) is 0.114. The van der Waals surface area contributed by atoms with Gasteiger partial charge in [-0.05, 0) is 10.3 Å². The highest BCUT2D eigenvalue weighted by atomic mass is 35.5. The van der Waals surface area contributed by atoms with E-state index >= 15 is 0 Å². The van der Waals surface area contributed by atoms with Crippen LogP contribution < -0.4 is 20.5 Å². The second-order valence-electron chi connectivity index (χ2n) is 3.64. The minimum atomic E-state index is -0.584. The van der Waals surface area contributed by atoms with E-state index < -0.39 is 5.91 Å². The molecule has 0 spiro atoms. The normalized spacial score (nSPS) is 12.5. The van der Waals surface area contributed by atoms with Crippen molar-refractivity contribution >= 4 is 29.0 Å². The summed E-state index contributed by atoms with van der Waals surface area (Å²) in [5.41, 5.74) is 5.65. The maximum Gasteiger partial charge on any atom is 0.281 e. The molecule has 3 N–H and O–H groups in total. The number of hydrogen-bond acceptors (Lipinski definition) is 7. The number of nitrogens with two attached hydrogens (primary N) is 1. The number of ether oxygens (including phenoxy) is 2. The van der Waals surface area contributed by atoms with Gasteiger partial charge in [0.2, 0.25) is 18.3 Å². The van der Waals surface area contributed by atoms with Crippen LogP contribution in [0.4, 0.5) is 11.5 Å². The molecule has 2 aromatic rings. The molecule has 0 saturated carbocycles. The van der Waals surface area contributed by atoms with E-state index in [0.717, 1.165) is 0 Å². The fourth-order valence-corrected chi connectivity index (χ4v) is 1.75. The molecule has 9 heteroatoms. The number of benzene rings is 1. The van der Waals surface area contributed by atoms with Gasteiger partial charge in [-0.3, -0.25) is 4.79 Å². The summed E-state index contributed by atoms with van der Waals surface area (Å²) in [5.74, 6) is 0.324. The topological polar surface area (TPSA) is 112 Å². The first-order valence-corrected chi connectivity index (χ1v) is 5.51. The Bertz CT molecular complexity index is 657. The number of nitrogens with zero attached hydrogens (tertiary/aromatic N) is 2. The number of rotatable bonds is 2. The summed E-state index contributed by atoms with van der Waals surface area (Å²) in [6.07, 6.45) is 0. The van der Waals surface area contributed by atoms with E-state index in [1.165, 1.54) is 0 Å². The van der Waals surface area contributed by atoms with Crippen molar-refractivity contribution in [1.82, 2.24) is 10.3 Å². The van der Waals surface area contributed by atoms with E-state index in [1.54, 1.807) is 12.1 Å². The highest BCUT2D eigenvalue weighted by Crippen LogP contribution is 2.39. The van der Waals surface area contributed by atoms with E-state index in [-0.39, 0.29) is 18.3 Å². The molecule has 0 radical (unpaired) electrons. The highest BCUT2D eigenvalue weighted by molar-refractivity contribution is 6.34. The van der Waals surface area contributed by atoms with Gasteiger partial charge in [-0.2, -0.15) is 0 Å². The lowest BCUT2D eigenvalue weighted by atomic mass is 10.2. The van der Waals surface area contributed by atoms with Crippen molar-refractivity contribution in [1.29, 1.82) is 0 Å².